The summed E-state index contributed by atoms with van der Waals surface area (Å²) in [5, 5.41) is 1.12. The highest BCUT2D eigenvalue weighted by Crippen LogP contribution is 2.29. The second-order valence-corrected chi connectivity index (χ2v) is 4.38. The van der Waals surface area contributed by atoms with Crippen molar-refractivity contribution >= 4 is 23.2 Å². The van der Waals surface area contributed by atoms with Crippen molar-refractivity contribution in [2.24, 2.45) is 0 Å². The summed E-state index contributed by atoms with van der Waals surface area (Å²) < 4.78 is 0. The fourth-order valence-corrected chi connectivity index (χ4v) is 2.08. The zero-order valence-corrected chi connectivity index (χ0v) is 10.1. The molecule has 0 amide bonds. The standard InChI is InChI=1S/C12H9Cl2NO/c1-7-4-8(5-12(16)15-7)10-3-2-9(13)6-11(10)14/h2-6H,1H3,(H,15,16). The first-order valence-corrected chi connectivity index (χ1v) is 5.48. The van der Waals surface area contributed by atoms with Gasteiger partial charge in [0.2, 0.25) is 5.56 Å². The van der Waals surface area contributed by atoms with Gasteiger partial charge >= 0.3 is 0 Å². The molecule has 4 heteroatoms. The summed E-state index contributed by atoms with van der Waals surface area (Å²) in [7, 11) is 0. The van der Waals surface area contributed by atoms with E-state index < -0.39 is 0 Å². The molecule has 82 valence electrons. The molecule has 0 saturated carbocycles. The Kier molecular flexibility index (Phi) is 3.03. The van der Waals surface area contributed by atoms with Crippen molar-refractivity contribution in [2.45, 2.75) is 6.92 Å². The Morgan fingerprint density at radius 1 is 1.12 bits per heavy atom. The maximum absolute atomic E-state index is 11.3. The molecule has 0 unspecified atom stereocenters. The lowest BCUT2D eigenvalue weighted by Crippen LogP contribution is -2.05. The molecule has 0 aliphatic heterocycles. The van der Waals surface area contributed by atoms with Crippen LogP contribution < -0.4 is 5.56 Å². The molecule has 1 heterocycles. The number of rotatable bonds is 1. The van der Waals surface area contributed by atoms with Crippen LogP contribution >= 0.6 is 23.2 Å². The molecule has 0 radical (unpaired) electrons. The molecule has 2 aromatic rings. The van der Waals surface area contributed by atoms with Crippen molar-refractivity contribution in [2.75, 3.05) is 0 Å². The van der Waals surface area contributed by atoms with Gasteiger partial charge in [0.15, 0.2) is 0 Å². The molecule has 1 aromatic heterocycles. The SMILES string of the molecule is Cc1cc(-c2ccc(Cl)cc2Cl)cc(=O)[nH]1. The van der Waals surface area contributed by atoms with Crippen LogP contribution in [0.3, 0.4) is 0 Å². The number of aromatic nitrogens is 1. The highest BCUT2D eigenvalue weighted by Gasteiger charge is 2.05. The minimum absolute atomic E-state index is 0.138. The van der Waals surface area contributed by atoms with Crippen LogP contribution in [0.5, 0.6) is 0 Å². The largest absolute Gasteiger partial charge is 0.326 e. The van der Waals surface area contributed by atoms with E-state index in [1.165, 1.54) is 6.07 Å². The summed E-state index contributed by atoms with van der Waals surface area (Å²) in [6.07, 6.45) is 0. The zero-order chi connectivity index (χ0) is 11.7. The molecule has 0 atom stereocenters. The Bertz CT molecular complexity index is 590. The van der Waals surface area contributed by atoms with E-state index in [1.54, 1.807) is 18.2 Å². The molecule has 0 bridgehead atoms. The third kappa shape index (κ3) is 2.29. The fourth-order valence-electron chi connectivity index (χ4n) is 1.56. The van der Waals surface area contributed by atoms with Crippen LogP contribution in [0.15, 0.2) is 35.1 Å². The lowest BCUT2D eigenvalue weighted by atomic mass is 10.1. The minimum atomic E-state index is -0.138. The summed E-state index contributed by atoms with van der Waals surface area (Å²) in [4.78, 5) is 14.0. The maximum Gasteiger partial charge on any atom is 0.248 e. The Labute approximate surface area is 103 Å². The number of aromatic amines is 1. The van der Waals surface area contributed by atoms with Gasteiger partial charge in [-0.15, -0.1) is 0 Å². The molecule has 16 heavy (non-hydrogen) atoms. The number of benzene rings is 1. The van der Waals surface area contributed by atoms with Gasteiger partial charge in [0.25, 0.3) is 0 Å². The van der Waals surface area contributed by atoms with Gasteiger partial charge in [-0.3, -0.25) is 4.79 Å². The van der Waals surface area contributed by atoms with Crippen LogP contribution in [0.4, 0.5) is 0 Å². The van der Waals surface area contributed by atoms with E-state index >= 15 is 0 Å². The molecule has 0 aliphatic carbocycles. The summed E-state index contributed by atoms with van der Waals surface area (Å²) in [6, 6.07) is 8.60. The van der Waals surface area contributed by atoms with Crippen LogP contribution in [0.25, 0.3) is 11.1 Å². The first-order valence-electron chi connectivity index (χ1n) is 4.72. The number of H-pyrrole nitrogens is 1. The lowest BCUT2D eigenvalue weighted by molar-refractivity contribution is 1.14. The predicted molar refractivity (Wildman–Crippen MR) is 67.3 cm³/mol. The third-order valence-corrected chi connectivity index (χ3v) is 2.77. The Balaban J connectivity index is 2.63. The molecule has 0 aliphatic rings. The summed E-state index contributed by atoms with van der Waals surface area (Å²) >= 11 is 11.9. The summed E-state index contributed by atoms with van der Waals surface area (Å²) in [5.41, 5.74) is 2.26. The van der Waals surface area contributed by atoms with Gasteiger partial charge in [0.05, 0.1) is 0 Å². The number of pyridine rings is 1. The van der Waals surface area contributed by atoms with E-state index in [0.717, 1.165) is 16.8 Å². The highest BCUT2D eigenvalue weighted by atomic mass is 35.5. The summed E-state index contributed by atoms with van der Waals surface area (Å²) in [6.45, 7) is 1.83. The topological polar surface area (TPSA) is 32.9 Å². The molecule has 1 aromatic carbocycles. The van der Waals surface area contributed by atoms with Crippen LogP contribution in [0.1, 0.15) is 5.69 Å². The van der Waals surface area contributed by atoms with Crippen molar-refractivity contribution < 1.29 is 0 Å². The molecule has 0 fully saturated rings. The zero-order valence-electron chi connectivity index (χ0n) is 8.55. The van der Waals surface area contributed by atoms with E-state index in [4.69, 9.17) is 23.2 Å². The van der Waals surface area contributed by atoms with E-state index in [9.17, 15) is 4.79 Å². The number of halogens is 2. The number of hydrogen-bond donors (Lipinski definition) is 1. The van der Waals surface area contributed by atoms with E-state index in [-0.39, 0.29) is 5.56 Å². The van der Waals surface area contributed by atoms with E-state index in [0.29, 0.717) is 10.0 Å². The number of hydrogen-bond acceptors (Lipinski definition) is 1. The van der Waals surface area contributed by atoms with Crippen LogP contribution in [0.2, 0.25) is 10.0 Å². The van der Waals surface area contributed by atoms with Gasteiger partial charge in [-0.1, -0.05) is 29.3 Å². The van der Waals surface area contributed by atoms with Gasteiger partial charge in [0.1, 0.15) is 0 Å². The highest BCUT2D eigenvalue weighted by molar-refractivity contribution is 6.36. The quantitative estimate of drug-likeness (QED) is 0.827. The number of aryl methyl sites for hydroxylation is 1. The van der Waals surface area contributed by atoms with Crippen molar-refractivity contribution in [3.63, 3.8) is 0 Å². The summed E-state index contributed by atoms with van der Waals surface area (Å²) in [5.74, 6) is 0. The average Bonchev–Trinajstić information content (AvgIpc) is 2.15. The molecule has 0 spiro atoms. The first-order chi connectivity index (χ1) is 7.56. The Morgan fingerprint density at radius 2 is 1.88 bits per heavy atom. The molecular weight excluding hydrogens is 245 g/mol. The maximum atomic E-state index is 11.3. The number of nitrogens with one attached hydrogen (secondary N) is 1. The monoisotopic (exact) mass is 253 g/mol. The second kappa shape index (κ2) is 4.32. The normalized spacial score (nSPS) is 10.4. The van der Waals surface area contributed by atoms with Crippen LogP contribution in [-0.4, -0.2) is 4.98 Å². The second-order valence-electron chi connectivity index (χ2n) is 3.54. The van der Waals surface area contributed by atoms with Crippen LogP contribution in [-0.2, 0) is 0 Å². The third-order valence-electron chi connectivity index (χ3n) is 2.22. The van der Waals surface area contributed by atoms with Crippen LogP contribution in [0, 0.1) is 6.92 Å². The average molecular weight is 254 g/mol. The molecule has 1 N–H and O–H groups in total. The van der Waals surface area contributed by atoms with Gasteiger partial charge in [0, 0.05) is 27.4 Å². The van der Waals surface area contributed by atoms with Gasteiger partial charge in [-0.2, -0.15) is 0 Å². The van der Waals surface area contributed by atoms with Gasteiger partial charge < -0.3 is 4.98 Å². The predicted octanol–water partition coefficient (Wildman–Crippen LogP) is 3.66. The minimum Gasteiger partial charge on any atom is -0.326 e. The van der Waals surface area contributed by atoms with Crippen molar-refractivity contribution in [3.8, 4) is 11.1 Å². The Hall–Kier alpha value is -1.25. The van der Waals surface area contributed by atoms with Gasteiger partial charge in [-0.05, 0) is 30.7 Å². The van der Waals surface area contributed by atoms with Gasteiger partial charge in [-0.25, -0.2) is 0 Å². The fraction of sp³-hybridized carbons (Fsp3) is 0.0833. The van der Waals surface area contributed by atoms with E-state index in [1.807, 2.05) is 13.0 Å². The van der Waals surface area contributed by atoms with E-state index in [2.05, 4.69) is 4.98 Å². The molecule has 0 saturated heterocycles. The van der Waals surface area contributed by atoms with Crippen molar-refractivity contribution in [1.29, 1.82) is 0 Å². The van der Waals surface area contributed by atoms with Crippen molar-refractivity contribution in [3.05, 3.63) is 56.4 Å². The Morgan fingerprint density at radius 3 is 2.50 bits per heavy atom. The molecule has 2 nitrogen and oxygen atoms in total. The smallest absolute Gasteiger partial charge is 0.248 e. The molecular formula is C12H9Cl2NO. The lowest BCUT2D eigenvalue weighted by Gasteiger charge is -2.05. The molecule has 2 rings (SSSR count). The first kappa shape index (κ1) is 11.2. The van der Waals surface area contributed by atoms with Crippen molar-refractivity contribution in [1.82, 2.24) is 4.98 Å².